The largest absolute Gasteiger partial charge is 0.370 e. The Kier molecular flexibility index (Phi) is 8.91. The molecule has 0 amide bonds. The lowest BCUT2D eigenvalue weighted by atomic mass is 9.98. The van der Waals surface area contributed by atoms with Crippen molar-refractivity contribution >= 4 is 29.9 Å². The van der Waals surface area contributed by atoms with Crippen molar-refractivity contribution in [2.24, 2.45) is 10.7 Å². The van der Waals surface area contributed by atoms with E-state index < -0.39 is 0 Å². The van der Waals surface area contributed by atoms with E-state index in [1.165, 1.54) is 11.1 Å². The number of aliphatic imine (C=N–C) groups is 1. The van der Waals surface area contributed by atoms with Crippen LogP contribution in [0, 0.1) is 0 Å². The number of nitrogens with two attached hydrogens (primary N) is 1. The first-order valence-electron chi connectivity index (χ1n) is 8.55. The lowest BCUT2D eigenvalue weighted by Gasteiger charge is -2.34. The maximum absolute atomic E-state index is 6.11. The molecule has 1 aromatic rings. The Bertz CT molecular complexity index is 500. The van der Waals surface area contributed by atoms with Gasteiger partial charge in [-0.2, -0.15) is 0 Å². The Morgan fingerprint density at radius 2 is 1.87 bits per heavy atom. The molecule has 23 heavy (non-hydrogen) atoms. The quantitative estimate of drug-likeness (QED) is 0.429. The fraction of sp³-hybridized carbons (Fsp3) is 0.611. The van der Waals surface area contributed by atoms with Crippen LogP contribution in [0.2, 0.25) is 0 Å². The Morgan fingerprint density at radius 1 is 1.22 bits per heavy atom. The third-order valence-electron chi connectivity index (χ3n) is 4.70. The topological polar surface area (TPSA) is 44.9 Å². The molecule has 0 radical (unpaired) electrons. The highest BCUT2D eigenvalue weighted by molar-refractivity contribution is 14.0. The lowest BCUT2D eigenvalue weighted by Crippen LogP contribution is -2.42. The molecule has 1 heterocycles. The number of benzene rings is 1. The SMILES string of the molecule is CCC(CN=C(N)N(CC)CC)N1CCc2ccccc2C1.I. The number of halogens is 1. The summed E-state index contributed by atoms with van der Waals surface area (Å²) in [6, 6.07) is 9.26. The molecule has 1 unspecified atom stereocenters. The number of hydrogen-bond donors (Lipinski definition) is 1. The number of guanidine groups is 1. The molecule has 5 heteroatoms. The summed E-state index contributed by atoms with van der Waals surface area (Å²) in [6.07, 6.45) is 2.25. The van der Waals surface area contributed by atoms with Gasteiger partial charge in [0.15, 0.2) is 5.96 Å². The maximum atomic E-state index is 6.11. The van der Waals surface area contributed by atoms with E-state index in [1.54, 1.807) is 0 Å². The van der Waals surface area contributed by atoms with Crippen molar-refractivity contribution in [3.05, 3.63) is 35.4 Å². The first kappa shape index (κ1) is 20.2. The summed E-state index contributed by atoms with van der Waals surface area (Å²) in [5.74, 6) is 0.681. The molecule has 0 spiro atoms. The van der Waals surface area contributed by atoms with Gasteiger partial charge < -0.3 is 10.6 Å². The minimum absolute atomic E-state index is 0. The van der Waals surface area contributed by atoms with Crippen LogP contribution in [0.5, 0.6) is 0 Å². The summed E-state index contributed by atoms with van der Waals surface area (Å²) in [5.41, 5.74) is 9.07. The molecule has 0 aliphatic carbocycles. The summed E-state index contributed by atoms with van der Waals surface area (Å²) >= 11 is 0. The molecular formula is C18H31IN4. The van der Waals surface area contributed by atoms with Crippen LogP contribution in [0.3, 0.4) is 0 Å². The Morgan fingerprint density at radius 3 is 2.48 bits per heavy atom. The summed E-state index contributed by atoms with van der Waals surface area (Å²) in [4.78, 5) is 9.31. The van der Waals surface area contributed by atoms with Crippen molar-refractivity contribution in [2.75, 3.05) is 26.2 Å². The van der Waals surface area contributed by atoms with Crippen LogP contribution in [0.15, 0.2) is 29.3 Å². The van der Waals surface area contributed by atoms with Gasteiger partial charge in [0.05, 0.1) is 6.54 Å². The highest BCUT2D eigenvalue weighted by Crippen LogP contribution is 2.21. The molecule has 2 rings (SSSR count). The van der Waals surface area contributed by atoms with Gasteiger partial charge in [0.25, 0.3) is 0 Å². The van der Waals surface area contributed by atoms with Crippen LogP contribution in [0.25, 0.3) is 0 Å². The van der Waals surface area contributed by atoms with Gasteiger partial charge in [0.1, 0.15) is 0 Å². The highest BCUT2D eigenvalue weighted by atomic mass is 127. The molecule has 1 atom stereocenters. The molecule has 0 bridgehead atoms. The van der Waals surface area contributed by atoms with Crippen molar-refractivity contribution in [1.82, 2.24) is 9.80 Å². The molecule has 0 saturated carbocycles. The van der Waals surface area contributed by atoms with Gasteiger partial charge in [-0.3, -0.25) is 9.89 Å². The summed E-state index contributed by atoms with van der Waals surface area (Å²) in [5, 5.41) is 0. The summed E-state index contributed by atoms with van der Waals surface area (Å²) in [6.45, 7) is 11.3. The maximum Gasteiger partial charge on any atom is 0.191 e. The van der Waals surface area contributed by atoms with E-state index in [4.69, 9.17) is 5.73 Å². The first-order valence-corrected chi connectivity index (χ1v) is 8.55. The van der Waals surface area contributed by atoms with E-state index in [9.17, 15) is 0 Å². The molecule has 4 nitrogen and oxygen atoms in total. The molecule has 0 fully saturated rings. The van der Waals surface area contributed by atoms with Crippen LogP contribution < -0.4 is 5.73 Å². The fourth-order valence-corrected chi connectivity index (χ4v) is 3.18. The van der Waals surface area contributed by atoms with Crippen LogP contribution in [-0.2, 0) is 13.0 Å². The molecule has 1 aromatic carbocycles. The van der Waals surface area contributed by atoms with Crippen LogP contribution in [0.4, 0.5) is 0 Å². The normalized spacial score (nSPS) is 16.4. The monoisotopic (exact) mass is 430 g/mol. The fourth-order valence-electron chi connectivity index (χ4n) is 3.18. The summed E-state index contributed by atoms with van der Waals surface area (Å²) < 4.78 is 0. The Balaban J connectivity index is 0.00000264. The van der Waals surface area contributed by atoms with Gasteiger partial charge in [0, 0.05) is 32.2 Å². The predicted octanol–water partition coefficient (Wildman–Crippen LogP) is 3.10. The smallest absolute Gasteiger partial charge is 0.191 e. The molecule has 1 aliphatic rings. The van der Waals surface area contributed by atoms with Gasteiger partial charge >= 0.3 is 0 Å². The van der Waals surface area contributed by atoms with E-state index in [0.717, 1.165) is 45.6 Å². The average molecular weight is 430 g/mol. The third-order valence-corrected chi connectivity index (χ3v) is 4.70. The van der Waals surface area contributed by atoms with Gasteiger partial charge in [-0.05, 0) is 37.8 Å². The zero-order valence-corrected chi connectivity index (χ0v) is 17.0. The van der Waals surface area contributed by atoms with E-state index >= 15 is 0 Å². The van der Waals surface area contributed by atoms with Crippen molar-refractivity contribution in [2.45, 2.75) is 46.2 Å². The number of hydrogen-bond acceptors (Lipinski definition) is 2. The second kappa shape index (κ2) is 10.1. The molecular weight excluding hydrogens is 399 g/mol. The van der Waals surface area contributed by atoms with Crippen LogP contribution >= 0.6 is 24.0 Å². The van der Waals surface area contributed by atoms with Crippen molar-refractivity contribution in [3.8, 4) is 0 Å². The highest BCUT2D eigenvalue weighted by Gasteiger charge is 2.22. The van der Waals surface area contributed by atoms with Crippen molar-refractivity contribution in [1.29, 1.82) is 0 Å². The molecule has 130 valence electrons. The van der Waals surface area contributed by atoms with Gasteiger partial charge in [-0.25, -0.2) is 0 Å². The van der Waals surface area contributed by atoms with Crippen molar-refractivity contribution < 1.29 is 0 Å². The Hall–Kier alpha value is -0.820. The third kappa shape index (κ3) is 5.35. The standard InChI is InChI=1S/C18H30N4.HI/c1-4-17(13-20-18(19)21(5-2)6-3)22-12-11-15-9-7-8-10-16(15)14-22;/h7-10,17H,4-6,11-14H2,1-3H3,(H2,19,20);1H. The molecule has 0 saturated heterocycles. The van der Waals surface area contributed by atoms with E-state index in [1.807, 2.05) is 0 Å². The average Bonchev–Trinajstić information content (AvgIpc) is 2.56. The minimum Gasteiger partial charge on any atom is -0.370 e. The molecule has 1 aliphatic heterocycles. The first-order chi connectivity index (χ1) is 10.7. The van der Waals surface area contributed by atoms with Crippen LogP contribution in [0.1, 0.15) is 38.3 Å². The second-order valence-electron chi connectivity index (χ2n) is 5.92. The Labute approximate surface area is 158 Å². The molecule has 2 N–H and O–H groups in total. The van der Waals surface area contributed by atoms with E-state index in [2.05, 4.69) is 59.8 Å². The van der Waals surface area contributed by atoms with E-state index in [-0.39, 0.29) is 24.0 Å². The van der Waals surface area contributed by atoms with Gasteiger partial charge in [0.2, 0.25) is 0 Å². The lowest BCUT2D eigenvalue weighted by molar-refractivity contribution is 0.178. The number of fused-ring (bicyclic) bond motifs is 1. The zero-order valence-electron chi connectivity index (χ0n) is 14.7. The minimum atomic E-state index is 0. The van der Waals surface area contributed by atoms with Gasteiger partial charge in [-0.15, -0.1) is 24.0 Å². The second-order valence-corrected chi connectivity index (χ2v) is 5.92. The van der Waals surface area contributed by atoms with Crippen molar-refractivity contribution in [3.63, 3.8) is 0 Å². The number of nitrogens with zero attached hydrogens (tertiary/aromatic N) is 3. The van der Waals surface area contributed by atoms with Gasteiger partial charge in [-0.1, -0.05) is 31.2 Å². The number of rotatable bonds is 6. The van der Waals surface area contributed by atoms with E-state index in [0.29, 0.717) is 12.0 Å². The molecule has 0 aromatic heterocycles. The predicted molar refractivity (Wildman–Crippen MR) is 109 cm³/mol. The summed E-state index contributed by atoms with van der Waals surface area (Å²) in [7, 11) is 0. The zero-order chi connectivity index (χ0) is 15.9. The van der Waals surface area contributed by atoms with Crippen LogP contribution in [-0.4, -0.2) is 48.0 Å².